The molecule has 16 heavy (non-hydrogen) atoms. The predicted molar refractivity (Wildman–Crippen MR) is 67.7 cm³/mol. The van der Waals surface area contributed by atoms with Crippen LogP contribution in [-0.4, -0.2) is 19.6 Å². The van der Waals surface area contributed by atoms with Crippen molar-refractivity contribution < 1.29 is 9.53 Å². The molecular weight excluding hydrogens is 270 g/mol. The average Bonchev–Trinajstić information content (AvgIpc) is 2.26. The van der Waals surface area contributed by atoms with Crippen LogP contribution in [0.4, 0.5) is 0 Å². The van der Waals surface area contributed by atoms with Crippen LogP contribution in [0.3, 0.4) is 0 Å². The lowest BCUT2D eigenvalue weighted by Gasteiger charge is -2.08. The maximum Gasteiger partial charge on any atom is 0.219 e. The van der Waals surface area contributed by atoms with Crippen LogP contribution in [0.25, 0.3) is 0 Å². The lowest BCUT2D eigenvalue weighted by Crippen LogP contribution is -2.18. The third-order valence-electron chi connectivity index (χ3n) is 2.17. The number of hydrogen-bond acceptors (Lipinski definition) is 2. The number of halogens is 1. The zero-order chi connectivity index (χ0) is 12.0. The van der Waals surface area contributed by atoms with Crippen LogP contribution < -0.4 is 10.1 Å². The average molecular weight is 286 g/mol. The molecule has 88 valence electrons. The van der Waals surface area contributed by atoms with Crippen LogP contribution in [-0.2, 0) is 4.79 Å². The fourth-order valence-corrected chi connectivity index (χ4v) is 1.87. The van der Waals surface area contributed by atoms with E-state index in [0.29, 0.717) is 13.0 Å². The Hall–Kier alpha value is -1.03. The van der Waals surface area contributed by atoms with Crippen LogP contribution >= 0.6 is 15.9 Å². The zero-order valence-corrected chi connectivity index (χ0v) is 11.1. The summed E-state index contributed by atoms with van der Waals surface area (Å²) in [6.45, 7) is 2.58. The molecule has 0 aliphatic carbocycles. The van der Waals surface area contributed by atoms with E-state index in [1.54, 1.807) is 7.05 Å². The van der Waals surface area contributed by atoms with Crippen LogP contribution in [0, 0.1) is 6.92 Å². The summed E-state index contributed by atoms with van der Waals surface area (Å²) in [6, 6.07) is 5.94. The van der Waals surface area contributed by atoms with Gasteiger partial charge in [-0.1, -0.05) is 6.07 Å². The van der Waals surface area contributed by atoms with E-state index in [2.05, 4.69) is 21.2 Å². The first-order valence-corrected chi connectivity index (χ1v) is 6.02. The van der Waals surface area contributed by atoms with Crippen LogP contribution in [0.5, 0.6) is 5.75 Å². The molecule has 0 unspecified atom stereocenters. The molecule has 3 nitrogen and oxygen atoms in total. The van der Waals surface area contributed by atoms with Crippen LogP contribution in [0.15, 0.2) is 22.7 Å². The van der Waals surface area contributed by atoms with Crippen molar-refractivity contribution >= 4 is 21.8 Å². The summed E-state index contributed by atoms with van der Waals surface area (Å²) in [5.74, 6) is 0.870. The molecular formula is C12H16BrNO2. The van der Waals surface area contributed by atoms with Crippen LogP contribution in [0.1, 0.15) is 18.4 Å². The van der Waals surface area contributed by atoms with Gasteiger partial charge in [0, 0.05) is 13.5 Å². The topological polar surface area (TPSA) is 38.3 Å². The molecule has 0 saturated heterocycles. The minimum atomic E-state index is 0.0478. The molecule has 0 spiro atoms. The summed E-state index contributed by atoms with van der Waals surface area (Å²) in [5.41, 5.74) is 1.18. The number of nitrogens with one attached hydrogen (secondary N) is 1. The van der Waals surface area contributed by atoms with Gasteiger partial charge in [0.05, 0.1) is 11.1 Å². The minimum Gasteiger partial charge on any atom is -0.492 e. The monoisotopic (exact) mass is 285 g/mol. The van der Waals surface area contributed by atoms with Gasteiger partial charge in [-0.15, -0.1) is 0 Å². The first-order chi connectivity index (χ1) is 7.63. The molecule has 0 heterocycles. The molecule has 1 N–H and O–H groups in total. The number of amides is 1. The number of carbonyl (C=O) groups excluding carboxylic acids is 1. The molecule has 4 heteroatoms. The van der Waals surface area contributed by atoms with E-state index >= 15 is 0 Å². The number of hydrogen-bond donors (Lipinski definition) is 1. The normalized spacial score (nSPS) is 9.94. The summed E-state index contributed by atoms with van der Waals surface area (Å²) in [5, 5.41) is 2.58. The first kappa shape index (κ1) is 13.0. The highest BCUT2D eigenvalue weighted by Gasteiger charge is 2.02. The molecule has 0 aliphatic rings. The zero-order valence-electron chi connectivity index (χ0n) is 9.55. The van der Waals surface area contributed by atoms with Gasteiger partial charge in [-0.25, -0.2) is 0 Å². The molecule has 0 atom stereocenters. The van der Waals surface area contributed by atoms with Crippen molar-refractivity contribution in [2.24, 2.45) is 0 Å². The van der Waals surface area contributed by atoms with Gasteiger partial charge in [-0.3, -0.25) is 4.79 Å². The fraction of sp³-hybridized carbons (Fsp3) is 0.417. The Morgan fingerprint density at radius 3 is 2.88 bits per heavy atom. The van der Waals surface area contributed by atoms with Crippen molar-refractivity contribution in [2.45, 2.75) is 19.8 Å². The molecule has 0 aliphatic heterocycles. The van der Waals surface area contributed by atoms with Gasteiger partial charge >= 0.3 is 0 Å². The first-order valence-electron chi connectivity index (χ1n) is 5.23. The van der Waals surface area contributed by atoms with Gasteiger partial charge in [-0.2, -0.15) is 0 Å². The number of ether oxygens (including phenoxy) is 1. The van der Waals surface area contributed by atoms with Gasteiger partial charge in [-0.05, 0) is 47.0 Å². The quantitative estimate of drug-likeness (QED) is 0.845. The smallest absolute Gasteiger partial charge is 0.219 e. The Morgan fingerprint density at radius 2 is 2.25 bits per heavy atom. The van der Waals surface area contributed by atoms with Gasteiger partial charge in [0.15, 0.2) is 0 Å². The number of carbonyl (C=O) groups is 1. The maximum absolute atomic E-state index is 11.0. The SMILES string of the molecule is CNC(=O)CCCOc1ccc(C)cc1Br. The molecule has 0 bridgehead atoms. The van der Waals surface area contributed by atoms with Crippen molar-refractivity contribution in [3.63, 3.8) is 0 Å². The van der Waals surface area contributed by atoms with E-state index in [1.807, 2.05) is 25.1 Å². The van der Waals surface area contributed by atoms with E-state index < -0.39 is 0 Å². The Kier molecular flexibility index (Phi) is 5.32. The predicted octanol–water partition coefficient (Wildman–Crippen LogP) is 2.66. The highest BCUT2D eigenvalue weighted by molar-refractivity contribution is 9.10. The van der Waals surface area contributed by atoms with Crippen LogP contribution in [0.2, 0.25) is 0 Å². The van der Waals surface area contributed by atoms with E-state index in [1.165, 1.54) is 5.56 Å². The highest BCUT2D eigenvalue weighted by atomic mass is 79.9. The molecule has 0 aromatic heterocycles. The number of aryl methyl sites for hydroxylation is 1. The largest absolute Gasteiger partial charge is 0.492 e. The summed E-state index contributed by atoms with van der Waals surface area (Å²) < 4.78 is 6.51. The lowest BCUT2D eigenvalue weighted by molar-refractivity contribution is -0.120. The Balaban J connectivity index is 2.35. The second kappa shape index (κ2) is 6.53. The standard InChI is InChI=1S/C12H16BrNO2/c1-9-5-6-11(10(13)8-9)16-7-3-4-12(15)14-2/h5-6,8H,3-4,7H2,1-2H3,(H,14,15). The molecule has 1 aromatic rings. The third-order valence-corrected chi connectivity index (χ3v) is 2.79. The van der Waals surface area contributed by atoms with E-state index in [9.17, 15) is 4.79 Å². The summed E-state index contributed by atoms with van der Waals surface area (Å²) in [7, 11) is 1.64. The number of rotatable bonds is 5. The molecule has 0 radical (unpaired) electrons. The third kappa shape index (κ3) is 4.23. The van der Waals surface area contributed by atoms with Gasteiger partial charge < -0.3 is 10.1 Å². The summed E-state index contributed by atoms with van der Waals surface area (Å²) in [6.07, 6.45) is 1.22. The Bertz CT molecular complexity index is 366. The van der Waals surface area contributed by atoms with Crippen molar-refractivity contribution in [1.29, 1.82) is 0 Å². The van der Waals surface area contributed by atoms with E-state index in [-0.39, 0.29) is 5.91 Å². The Morgan fingerprint density at radius 1 is 1.50 bits per heavy atom. The Labute approximate surface area is 104 Å². The second-order valence-electron chi connectivity index (χ2n) is 3.56. The van der Waals surface area contributed by atoms with Crippen molar-refractivity contribution in [3.05, 3.63) is 28.2 Å². The van der Waals surface area contributed by atoms with Crippen molar-refractivity contribution in [3.8, 4) is 5.75 Å². The molecule has 1 amide bonds. The maximum atomic E-state index is 11.0. The molecule has 1 aromatic carbocycles. The summed E-state index contributed by atoms with van der Waals surface area (Å²) >= 11 is 3.44. The molecule has 0 fully saturated rings. The highest BCUT2D eigenvalue weighted by Crippen LogP contribution is 2.25. The van der Waals surface area contributed by atoms with Crippen molar-refractivity contribution in [2.75, 3.05) is 13.7 Å². The van der Waals surface area contributed by atoms with E-state index in [4.69, 9.17) is 4.74 Å². The van der Waals surface area contributed by atoms with Gasteiger partial charge in [0.25, 0.3) is 0 Å². The fourth-order valence-electron chi connectivity index (χ4n) is 1.26. The number of benzene rings is 1. The van der Waals surface area contributed by atoms with Gasteiger partial charge in [0.1, 0.15) is 5.75 Å². The molecule has 1 rings (SSSR count). The summed E-state index contributed by atoms with van der Waals surface area (Å²) in [4.78, 5) is 11.0. The second-order valence-corrected chi connectivity index (χ2v) is 4.41. The molecule has 0 saturated carbocycles. The van der Waals surface area contributed by atoms with Crippen molar-refractivity contribution in [1.82, 2.24) is 5.32 Å². The minimum absolute atomic E-state index is 0.0478. The van der Waals surface area contributed by atoms with Gasteiger partial charge in [0.2, 0.25) is 5.91 Å². The van der Waals surface area contributed by atoms with E-state index in [0.717, 1.165) is 16.6 Å². The lowest BCUT2D eigenvalue weighted by atomic mass is 10.2.